The topological polar surface area (TPSA) is 83.8 Å². The summed E-state index contributed by atoms with van der Waals surface area (Å²) < 4.78 is 5.52. The number of ketones is 1. The quantitative estimate of drug-likeness (QED) is 0.686. The molecule has 0 aliphatic carbocycles. The zero-order valence-corrected chi connectivity index (χ0v) is 16.6. The normalized spacial score (nSPS) is 20.2. The monoisotopic (exact) mass is 394 g/mol. The minimum Gasteiger partial charge on any atom is -0.504 e. The predicted octanol–water partition coefficient (Wildman–Crippen LogP) is 4.25. The van der Waals surface area contributed by atoms with Crippen LogP contribution in [0, 0.1) is 5.92 Å². The van der Waals surface area contributed by atoms with E-state index in [0.717, 1.165) is 5.56 Å². The summed E-state index contributed by atoms with van der Waals surface area (Å²) in [7, 11) is 0. The number of cyclic esters (lactones) is 1. The number of aliphatic hydroxyl groups excluding tert-OH is 2. The van der Waals surface area contributed by atoms with Crippen LogP contribution < -0.4 is 0 Å². The van der Waals surface area contributed by atoms with Gasteiger partial charge in [0.1, 0.15) is 0 Å². The Morgan fingerprint density at radius 2 is 1.45 bits per heavy atom. The molecule has 1 aliphatic rings. The van der Waals surface area contributed by atoms with Gasteiger partial charge in [0, 0.05) is 11.8 Å². The molecule has 0 saturated carbocycles. The van der Waals surface area contributed by atoms with Crippen LogP contribution in [0.15, 0.2) is 72.0 Å². The Kier molecular flexibility index (Phi) is 6.49. The molecule has 1 aliphatic heterocycles. The van der Waals surface area contributed by atoms with Gasteiger partial charge in [-0.25, -0.2) is 4.79 Å². The van der Waals surface area contributed by atoms with Crippen molar-refractivity contribution in [3.8, 4) is 0 Å². The maximum absolute atomic E-state index is 13.0. The minimum absolute atomic E-state index is 0.0102. The molecule has 152 valence electrons. The molecule has 0 radical (unpaired) electrons. The molecule has 3 rings (SSSR count). The third-order valence-corrected chi connectivity index (χ3v) is 5.57. The number of aliphatic hydroxyl groups is 2. The van der Waals surface area contributed by atoms with Crippen LogP contribution in [0.4, 0.5) is 0 Å². The van der Waals surface area contributed by atoms with Crippen molar-refractivity contribution >= 4 is 11.8 Å². The van der Waals surface area contributed by atoms with Crippen molar-refractivity contribution < 1.29 is 24.5 Å². The van der Waals surface area contributed by atoms with Gasteiger partial charge in [-0.15, -0.1) is 0 Å². The molecule has 0 saturated heterocycles. The van der Waals surface area contributed by atoms with E-state index in [1.165, 1.54) is 0 Å². The lowest BCUT2D eigenvalue weighted by atomic mass is 9.81. The third-order valence-electron chi connectivity index (χ3n) is 5.57. The van der Waals surface area contributed by atoms with Crippen molar-refractivity contribution in [2.24, 2.45) is 5.92 Å². The fourth-order valence-electron chi connectivity index (χ4n) is 3.98. The molecule has 2 N–H and O–H groups in total. The zero-order valence-electron chi connectivity index (χ0n) is 16.6. The summed E-state index contributed by atoms with van der Waals surface area (Å²) >= 11 is 0. The maximum Gasteiger partial charge on any atom is 0.339 e. The van der Waals surface area contributed by atoms with Crippen LogP contribution in [0.5, 0.6) is 0 Å². The zero-order chi connectivity index (χ0) is 21.0. The SMILES string of the molecule is CC[C@H](C1OC(=O)C([C@H](CC)c2ccccc2)=C(O)C1=O)[C@@H](O)c1ccccc1. The summed E-state index contributed by atoms with van der Waals surface area (Å²) in [5, 5.41) is 21.5. The fraction of sp³-hybridized carbons (Fsp3) is 0.333. The van der Waals surface area contributed by atoms with E-state index in [2.05, 4.69) is 0 Å². The van der Waals surface area contributed by atoms with Gasteiger partial charge in [-0.1, -0.05) is 74.5 Å². The highest BCUT2D eigenvalue weighted by molar-refractivity contribution is 6.09. The van der Waals surface area contributed by atoms with Crippen LogP contribution in [0.1, 0.15) is 49.8 Å². The van der Waals surface area contributed by atoms with Crippen molar-refractivity contribution in [1.29, 1.82) is 0 Å². The highest BCUT2D eigenvalue weighted by Gasteiger charge is 2.45. The highest BCUT2D eigenvalue weighted by Crippen LogP contribution is 2.38. The number of Topliss-reactive ketones (excluding diaryl/α,β-unsaturated/α-hetero) is 1. The summed E-state index contributed by atoms with van der Waals surface area (Å²) in [6, 6.07) is 18.2. The summed E-state index contributed by atoms with van der Waals surface area (Å²) in [6.07, 6.45) is -1.29. The predicted molar refractivity (Wildman–Crippen MR) is 109 cm³/mol. The number of ether oxygens (including phenoxy) is 1. The molecule has 2 aromatic carbocycles. The van der Waals surface area contributed by atoms with Crippen LogP contribution in [-0.4, -0.2) is 28.1 Å². The lowest BCUT2D eigenvalue weighted by molar-refractivity contribution is -0.161. The number of benzene rings is 2. The molecule has 2 aromatic rings. The van der Waals surface area contributed by atoms with Crippen molar-refractivity contribution in [3.05, 3.63) is 83.1 Å². The van der Waals surface area contributed by atoms with Crippen LogP contribution in [0.3, 0.4) is 0 Å². The van der Waals surface area contributed by atoms with Gasteiger partial charge >= 0.3 is 5.97 Å². The first-order valence-corrected chi connectivity index (χ1v) is 9.95. The number of carbonyl (C=O) groups is 2. The molecule has 4 atom stereocenters. The van der Waals surface area contributed by atoms with Gasteiger partial charge in [-0.3, -0.25) is 4.79 Å². The smallest absolute Gasteiger partial charge is 0.339 e. The van der Waals surface area contributed by atoms with Gasteiger partial charge < -0.3 is 14.9 Å². The summed E-state index contributed by atoms with van der Waals surface area (Å²) in [4.78, 5) is 25.8. The van der Waals surface area contributed by atoms with E-state index in [1.54, 1.807) is 24.3 Å². The van der Waals surface area contributed by atoms with Crippen molar-refractivity contribution in [1.82, 2.24) is 0 Å². The lowest BCUT2D eigenvalue weighted by Gasteiger charge is -2.33. The van der Waals surface area contributed by atoms with E-state index in [4.69, 9.17) is 4.74 Å². The maximum atomic E-state index is 13.0. The Morgan fingerprint density at radius 3 is 1.97 bits per heavy atom. The molecule has 0 aromatic heterocycles. The fourth-order valence-corrected chi connectivity index (χ4v) is 3.98. The highest BCUT2D eigenvalue weighted by atomic mass is 16.6. The molecule has 5 heteroatoms. The molecular formula is C24H26O5. The molecule has 0 amide bonds. The molecule has 1 unspecified atom stereocenters. The molecule has 29 heavy (non-hydrogen) atoms. The number of esters is 1. The van der Waals surface area contributed by atoms with Crippen molar-refractivity contribution in [3.63, 3.8) is 0 Å². The number of carbonyl (C=O) groups excluding carboxylic acids is 2. The summed E-state index contributed by atoms with van der Waals surface area (Å²) in [5.41, 5.74) is 1.45. The summed E-state index contributed by atoms with van der Waals surface area (Å²) in [5.74, 6) is -3.01. The summed E-state index contributed by atoms with van der Waals surface area (Å²) in [6.45, 7) is 3.70. The van der Waals surface area contributed by atoms with Gasteiger partial charge in [-0.05, 0) is 24.0 Å². The van der Waals surface area contributed by atoms with Gasteiger partial charge in [0.15, 0.2) is 11.9 Å². The van der Waals surface area contributed by atoms with Gasteiger partial charge in [0.05, 0.1) is 11.7 Å². The van der Waals surface area contributed by atoms with Crippen LogP contribution in [0.2, 0.25) is 0 Å². The average molecular weight is 394 g/mol. The first-order valence-electron chi connectivity index (χ1n) is 9.95. The van der Waals surface area contributed by atoms with Crippen molar-refractivity contribution in [2.75, 3.05) is 0 Å². The Hall–Kier alpha value is -2.92. The van der Waals surface area contributed by atoms with E-state index < -0.39 is 41.6 Å². The number of rotatable bonds is 7. The second-order valence-corrected chi connectivity index (χ2v) is 7.25. The van der Waals surface area contributed by atoms with E-state index in [0.29, 0.717) is 18.4 Å². The van der Waals surface area contributed by atoms with E-state index in [9.17, 15) is 19.8 Å². The third kappa shape index (κ3) is 4.10. The minimum atomic E-state index is -1.22. The van der Waals surface area contributed by atoms with Crippen LogP contribution in [0.25, 0.3) is 0 Å². The Bertz CT molecular complexity index is 888. The Labute approximate surface area is 170 Å². The number of hydrogen-bond donors (Lipinski definition) is 2. The van der Waals surface area contributed by atoms with E-state index >= 15 is 0 Å². The molecule has 1 heterocycles. The molecule has 0 spiro atoms. The first kappa shape index (κ1) is 20.8. The number of hydrogen-bond acceptors (Lipinski definition) is 5. The molecule has 0 bridgehead atoms. The van der Waals surface area contributed by atoms with Crippen LogP contribution in [-0.2, 0) is 14.3 Å². The van der Waals surface area contributed by atoms with Gasteiger partial charge in [0.2, 0.25) is 5.78 Å². The standard InChI is InChI=1S/C24H26O5/c1-3-17(15-11-7-5-8-12-15)19-21(26)22(27)23(29-24(19)28)18(4-2)20(25)16-13-9-6-10-14-16/h5-14,17-18,20,23,25-26H,3-4H2,1-2H3/t17-,18+,20+,23?/m1/s1. The molecule has 5 nitrogen and oxygen atoms in total. The van der Waals surface area contributed by atoms with E-state index in [-0.39, 0.29) is 5.57 Å². The Morgan fingerprint density at radius 1 is 0.897 bits per heavy atom. The molecule has 0 fully saturated rings. The molecular weight excluding hydrogens is 368 g/mol. The van der Waals surface area contributed by atoms with E-state index in [1.807, 2.05) is 50.2 Å². The Balaban J connectivity index is 1.94. The van der Waals surface area contributed by atoms with Gasteiger partial charge in [0.25, 0.3) is 0 Å². The van der Waals surface area contributed by atoms with Gasteiger partial charge in [-0.2, -0.15) is 0 Å². The first-order chi connectivity index (χ1) is 14.0. The average Bonchev–Trinajstić information content (AvgIpc) is 2.76. The second kappa shape index (κ2) is 9.05. The largest absolute Gasteiger partial charge is 0.504 e. The van der Waals surface area contributed by atoms with Crippen LogP contribution >= 0.6 is 0 Å². The van der Waals surface area contributed by atoms with Crippen molar-refractivity contribution in [2.45, 2.75) is 44.8 Å². The lowest BCUT2D eigenvalue weighted by Crippen LogP contribution is -2.43. The second-order valence-electron chi connectivity index (χ2n) is 7.25.